The molecule has 2 aliphatic rings. The first-order chi connectivity index (χ1) is 9.28. The number of nitrogens with zero attached hydrogens (tertiary/aromatic N) is 3. The highest BCUT2D eigenvalue weighted by molar-refractivity contribution is 9.09. The first kappa shape index (κ1) is 13.5. The molecule has 0 radical (unpaired) electrons. The summed E-state index contributed by atoms with van der Waals surface area (Å²) in [6.07, 6.45) is 7.03. The van der Waals surface area contributed by atoms with E-state index in [1.165, 1.54) is 32.1 Å². The summed E-state index contributed by atoms with van der Waals surface area (Å²) in [4.78, 5) is 13.8. The lowest BCUT2D eigenvalue weighted by molar-refractivity contribution is -0.117. The fraction of sp³-hybridized carbons (Fsp3) is 0.769. The molecule has 104 valence electrons. The van der Waals surface area contributed by atoms with Gasteiger partial charge in [0.15, 0.2) is 0 Å². The Labute approximate surface area is 125 Å². The van der Waals surface area contributed by atoms with Crippen molar-refractivity contribution in [1.29, 1.82) is 0 Å². The Morgan fingerprint density at radius 2 is 2.05 bits per heavy atom. The standard InChI is InChI=1S/C13H18BrN3OS/c14-7-9-6-11(18)17(8-9)13-16-15-12(19-13)10-4-2-1-3-5-10/h9-10H,1-8H2. The molecule has 1 aliphatic heterocycles. The number of hydrogen-bond donors (Lipinski definition) is 0. The van der Waals surface area contributed by atoms with E-state index >= 15 is 0 Å². The van der Waals surface area contributed by atoms with Gasteiger partial charge < -0.3 is 0 Å². The van der Waals surface area contributed by atoms with Gasteiger partial charge in [-0.1, -0.05) is 46.5 Å². The third-order valence-corrected chi connectivity index (χ3v) is 6.06. The van der Waals surface area contributed by atoms with Crippen LogP contribution < -0.4 is 4.90 Å². The van der Waals surface area contributed by atoms with Crippen molar-refractivity contribution in [3.63, 3.8) is 0 Å². The number of halogens is 1. The number of hydrogen-bond acceptors (Lipinski definition) is 4. The monoisotopic (exact) mass is 343 g/mol. The van der Waals surface area contributed by atoms with Crippen molar-refractivity contribution in [3.05, 3.63) is 5.01 Å². The highest BCUT2D eigenvalue weighted by Gasteiger charge is 2.32. The summed E-state index contributed by atoms with van der Waals surface area (Å²) in [5, 5.41) is 11.4. The van der Waals surface area contributed by atoms with Gasteiger partial charge in [-0.25, -0.2) is 0 Å². The topological polar surface area (TPSA) is 46.1 Å². The van der Waals surface area contributed by atoms with E-state index < -0.39 is 0 Å². The Morgan fingerprint density at radius 1 is 1.26 bits per heavy atom. The second kappa shape index (κ2) is 5.87. The summed E-state index contributed by atoms with van der Waals surface area (Å²) in [6.45, 7) is 0.781. The molecule has 1 aliphatic carbocycles. The number of rotatable bonds is 3. The molecule has 19 heavy (non-hydrogen) atoms. The molecule has 2 fully saturated rings. The van der Waals surface area contributed by atoms with Crippen molar-refractivity contribution in [3.8, 4) is 0 Å². The lowest BCUT2D eigenvalue weighted by atomic mass is 9.90. The number of aromatic nitrogens is 2. The molecule has 1 saturated heterocycles. The number of anilines is 1. The lowest BCUT2D eigenvalue weighted by Gasteiger charge is -2.18. The fourth-order valence-corrected chi connectivity index (χ4v) is 4.39. The van der Waals surface area contributed by atoms with Gasteiger partial charge in [-0.2, -0.15) is 0 Å². The molecule has 1 amide bonds. The average molecular weight is 344 g/mol. The third-order valence-electron chi connectivity index (χ3n) is 4.04. The molecule has 0 N–H and O–H groups in total. The van der Waals surface area contributed by atoms with Gasteiger partial charge in [-0.15, -0.1) is 10.2 Å². The Morgan fingerprint density at radius 3 is 2.74 bits per heavy atom. The number of alkyl halides is 1. The van der Waals surface area contributed by atoms with Crippen LogP contribution in [0.5, 0.6) is 0 Å². The normalized spacial score (nSPS) is 25.2. The summed E-state index contributed by atoms with van der Waals surface area (Å²) in [6, 6.07) is 0. The van der Waals surface area contributed by atoms with Crippen molar-refractivity contribution in [2.24, 2.45) is 5.92 Å². The van der Waals surface area contributed by atoms with Gasteiger partial charge in [0.05, 0.1) is 0 Å². The van der Waals surface area contributed by atoms with E-state index in [4.69, 9.17) is 0 Å². The second-order valence-electron chi connectivity index (χ2n) is 5.49. The van der Waals surface area contributed by atoms with Crippen LogP contribution >= 0.6 is 27.3 Å². The number of carbonyl (C=O) groups excluding carboxylic acids is 1. The van der Waals surface area contributed by atoms with Gasteiger partial charge in [-0.05, 0) is 18.8 Å². The van der Waals surface area contributed by atoms with Crippen LogP contribution in [-0.4, -0.2) is 28.0 Å². The zero-order valence-electron chi connectivity index (χ0n) is 10.8. The SMILES string of the molecule is O=C1CC(CBr)CN1c1nnc(C2CCCCC2)s1. The van der Waals surface area contributed by atoms with Crippen molar-refractivity contribution in [1.82, 2.24) is 10.2 Å². The fourth-order valence-electron chi connectivity index (χ4n) is 2.92. The van der Waals surface area contributed by atoms with Crippen LogP contribution in [0, 0.1) is 5.92 Å². The van der Waals surface area contributed by atoms with Crippen LogP contribution in [0.4, 0.5) is 5.13 Å². The van der Waals surface area contributed by atoms with Crippen molar-refractivity contribution < 1.29 is 4.79 Å². The molecule has 0 bridgehead atoms. The van der Waals surface area contributed by atoms with Crippen LogP contribution in [-0.2, 0) is 4.79 Å². The molecule has 3 rings (SSSR count). The first-order valence-corrected chi connectivity index (χ1v) is 8.91. The summed E-state index contributed by atoms with van der Waals surface area (Å²) < 4.78 is 0. The van der Waals surface area contributed by atoms with Crippen molar-refractivity contribution in [2.75, 3.05) is 16.8 Å². The summed E-state index contributed by atoms with van der Waals surface area (Å²) in [7, 11) is 0. The van der Waals surface area contributed by atoms with Gasteiger partial charge in [0.1, 0.15) is 5.01 Å². The summed E-state index contributed by atoms with van der Waals surface area (Å²) >= 11 is 5.08. The summed E-state index contributed by atoms with van der Waals surface area (Å²) in [5.41, 5.74) is 0. The predicted molar refractivity (Wildman–Crippen MR) is 80.0 cm³/mol. The quantitative estimate of drug-likeness (QED) is 0.790. The van der Waals surface area contributed by atoms with E-state index in [0.717, 1.165) is 22.0 Å². The molecule has 4 nitrogen and oxygen atoms in total. The van der Waals surface area contributed by atoms with Crippen LogP contribution in [0.3, 0.4) is 0 Å². The Hall–Kier alpha value is -0.490. The molecule has 1 atom stereocenters. The first-order valence-electron chi connectivity index (χ1n) is 6.97. The van der Waals surface area contributed by atoms with E-state index in [9.17, 15) is 4.79 Å². The van der Waals surface area contributed by atoms with Crippen molar-refractivity contribution >= 4 is 38.3 Å². The second-order valence-corrected chi connectivity index (χ2v) is 7.12. The largest absolute Gasteiger partial charge is 0.286 e. The average Bonchev–Trinajstić information content (AvgIpc) is 3.06. The highest BCUT2D eigenvalue weighted by Crippen LogP contribution is 2.37. The summed E-state index contributed by atoms with van der Waals surface area (Å²) in [5.74, 6) is 1.18. The van der Waals surface area contributed by atoms with E-state index in [2.05, 4.69) is 26.1 Å². The Bertz CT molecular complexity index is 458. The molecular formula is C13H18BrN3OS. The molecule has 0 spiro atoms. The van der Waals surface area contributed by atoms with E-state index in [1.807, 2.05) is 4.90 Å². The molecule has 2 heterocycles. The van der Waals surface area contributed by atoms with Crippen molar-refractivity contribution in [2.45, 2.75) is 44.4 Å². The minimum Gasteiger partial charge on any atom is -0.286 e. The van der Waals surface area contributed by atoms with Gasteiger partial charge in [0.25, 0.3) is 0 Å². The van der Waals surface area contributed by atoms with Gasteiger partial charge in [0, 0.05) is 24.2 Å². The molecule has 1 saturated carbocycles. The zero-order chi connectivity index (χ0) is 13.2. The maximum Gasteiger partial charge on any atom is 0.229 e. The van der Waals surface area contributed by atoms with Crippen LogP contribution in [0.1, 0.15) is 49.5 Å². The van der Waals surface area contributed by atoms with Gasteiger partial charge in [-0.3, -0.25) is 9.69 Å². The maximum atomic E-state index is 12.0. The Kier molecular flexibility index (Phi) is 4.17. The van der Waals surface area contributed by atoms with E-state index in [1.54, 1.807) is 11.3 Å². The third kappa shape index (κ3) is 2.84. The van der Waals surface area contributed by atoms with E-state index in [0.29, 0.717) is 18.3 Å². The molecular weight excluding hydrogens is 326 g/mol. The van der Waals surface area contributed by atoms with Gasteiger partial charge >= 0.3 is 0 Å². The smallest absolute Gasteiger partial charge is 0.229 e. The molecule has 1 unspecified atom stereocenters. The minimum atomic E-state index is 0.191. The van der Waals surface area contributed by atoms with Crippen LogP contribution in [0.25, 0.3) is 0 Å². The van der Waals surface area contributed by atoms with Crippen LogP contribution in [0.2, 0.25) is 0 Å². The molecule has 1 aromatic rings. The van der Waals surface area contributed by atoms with Gasteiger partial charge in [0.2, 0.25) is 11.0 Å². The molecule has 1 aromatic heterocycles. The number of carbonyl (C=O) groups is 1. The lowest BCUT2D eigenvalue weighted by Crippen LogP contribution is -2.24. The molecule has 0 aromatic carbocycles. The predicted octanol–water partition coefficient (Wildman–Crippen LogP) is 3.33. The van der Waals surface area contributed by atoms with E-state index in [-0.39, 0.29) is 5.91 Å². The van der Waals surface area contributed by atoms with Crippen LogP contribution in [0.15, 0.2) is 0 Å². The minimum absolute atomic E-state index is 0.191. The maximum absolute atomic E-state index is 12.0. The number of amides is 1. The molecule has 6 heteroatoms. The zero-order valence-corrected chi connectivity index (χ0v) is 13.3. The highest BCUT2D eigenvalue weighted by atomic mass is 79.9. The Balaban J connectivity index is 1.72.